The molecule has 0 aliphatic heterocycles. The van der Waals surface area contributed by atoms with Crippen molar-refractivity contribution in [3.63, 3.8) is 0 Å². The van der Waals surface area contributed by atoms with E-state index in [4.69, 9.17) is 5.11 Å². The second kappa shape index (κ2) is 5.26. The number of rotatable bonds is 4. The van der Waals surface area contributed by atoms with Gasteiger partial charge in [-0.25, -0.2) is 0 Å². The largest absolute Gasteiger partial charge is 0.481 e. The van der Waals surface area contributed by atoms with E-state index in [0.717, 1.165) is 15.7 Å². The predicted molar refractivity (Wildman–Crippen MR) is 67.5 cm³/mol. The number of carboxylic acids is 1. The van der Waals surface area contributed by atoms with E-state index in [-0.39, 0.29) is 12.8 Å². The number of aromatic nitrogens is 4. The number of hydrogen-bond acceptors (Lipinski definition) is 4. The molecule has 0 bridgehead atoms. The van der Waals surface area contributed by atoms with Gasteiger partial charge >= 0.3 is 5.97 Å². The molecule has 1 aromatic heterocycles. The molecule has 0 atom stereocenters. The van der Waals surface area contributed by atoms with Crippen LogP contribution in [0.3, 0.4) is 0 Å². The molecule has 1 N–H and O–H groups in total. The van der Waals surface area contributed by atoms with Gasteiger partial charge in [0.1, 0.15) is 5.69 Å². The van der Waals surface area contributed by atoms with Crippen LogP contribution in [0.5, 0.6) is 0 Å². The first-order chi connectivity index (χ1) is 8.56. The zero-order chi connectivity index (χ0) is 13.1. The van der Waals surface area contributed by atoms with Crippen molar-refractivity contribution in [1.29, 1.82) is 0 Å². The van der Waals surface area contributed by atoms with E-state index in [1.54, 1.807) is 0 Å². The molecule has 18 heavy (non-hydrogen) atoms. The maximum atomic E-state index is 10.5. The van der Waals surface area contributed by atoms with Crippen LogP contribution in [0.15, 0.2) is 22.7 Å². The lowest BCUT2D eigenvalue weighted by Gasteiger charge is -2.02. The summed E-state index contributed by atoms with van der Waals surface area (Å²) >= 11 is 3.43. The lowest BCUT2D eigenvalue weighted by molar-refractivity contribution is -0.137. The van der Waals surface area contributed by atoms with Crippen LogP contribution in [0.4, 0.5) is 0 Å². The van der Waals surface area contributed by atoms with Gasteiger partial charge in [0.2, 0.25) is 0 Å². The molecule has 0 aliphatic rings. The Balaban J connectivity index is 2.21. The van der Waals surface area contributed by atoms with Crippen LogP contribution in [-0.4, -0.2) is 31.3 Å². The Hall–Kier alpha value is -1.76. The van der Waals surface area contributed by atoms with Crippen LogP contribution < -0.4 is 0 Å². The number of carboxylic acid groups (broad SMARTS) is 1. The summed E-state index contributed by atoms with van der Waals surface area (Å²) in [5, 5.41) is 20.5. The average molecular weight is 311 g/mol. The maximum Gasteiger partial charge on any atom is 0.303 e. The van der Waals surface area contributed by atoms with Gasteiger partial charge in [-0.1, -0.05) is 6.07 Å². The van der Waals surface area contributed by atoms with Crippen molar-refractivity contribution in [2.75, 3.05) is 0 Å². The van der Waals surface area contributed by atoms with E-state index < -0.39 is 5.97 Å². The molecule has 0 saturated heterocycles. The predicted octanol–water partition coefficient (Wildman–Crippen LogP) is 1.75. The topological polar surface area (TPSA) is 80.9 Å². The summed E-state index contributed by atoms with van der Waals surface area (Å²) in [4.78, 5) is 11.8. The van der Waals surface area contributed by atoms with E-state index in [1.807, 2.05) is 25.1 Å². The van der Waals surface area contributed by atoms with Gasteiger partial charge in [-0.3, -0.25) is 4.79 Å². The van der Waals surface area contributed by atoms with Crippen LogP contribution in [0.1, 0.15) is 17.8 Å². The Morgan fingerprint density at radius 3 is 2.94 bits per heavy atom. The zero-order valence-electron chi connectivity index (χ0n) is 9.67. The van der Waals surface area contributed by atoms with Crippen LogP contribution in [0, 0.1) is 6.92 Å². The first-order valence-electron chi connectivity index (χ1n) is 5.33. The van der Waals surface area contributed by atoms with Crippen molar-refractivity contribution >= 4 is 21.9 Å². The maximum absolute atomic E-state index is 10.5. The summed E-state index contributed by atoms with van der Waals surface area (Å²) in [6.45, 7) is 1.99. The van der Waals surface area contributed by atoms with E-state index in [2.05, 4.69) is 31.3 Å². The van der Waals surface area contributed by atoms with E-state index >= 15 is 0 Å². The first-order valence-corrected chi connectivity index (χ1v) is 6.13. The molecule has 0 aliphatic carbocycles. The lowest BCUT2D eigenvalue weighted by atomic mass is 10.2. The smallest absolute Gasteiger partial charge is 0.303 e. The fourth-order valence-electron chi connectivity index (χ4n) is 1.44. The fourth-order valence-corrected chi connectivity index (χ4v) is 2.09. The molecule has 0 fully saturated rings. The van der Waals surface area contributed by atoms with E-state index in [0.29, 0.717) is 5.82 Å². The summed E-state index contributed by atoms with van der Waals surface area (Å²) in [5.74, 6) is -0.451. The molecule has 94 valence electrons. The summed E-state index contributed by atoms with van der Waals surface area (Å²) in [5.41, 5.74) is 1.89. The number of aryl methyl sites for hydroxylation is 2. The minimum atomic E-state index is -0.872. The number of aliphatic carboxylic acids is 1. The molecule has 6 nitrogen and oxygen atoms in total. The Morgan fingerprint density at radius 1 is 1.50 bits per heavy atom. The minimum Gasteiger partial charge on any atom is -0.481 e. The average Bonchev–Trinajstić information content (AvgIpc) is 2.75. The second-order valence-electron chi connectivity index (χ2n) is 3.84. The Labute approximate surface area is 112 Å². The Bertz CT molecular complexity index is 582. The van der Waals surface area contributed by atoms with Crippen LogP contribution in [0.25, 0.3) is 5.69 Å². The fraction of sp³-hybridized carbons (Fsp3) is 0.273. The third kappa shape index (κ3) is 2.92. The number of halogens is 1. The SMILES string of the molecule is Cc1ccc(-n2nnc(CCC(=O)O)n2)c(Br)c1. The molecule has 0 amide bonds. The zero-order valence-corrected chi connectivity index (χ0v) is 11.3. The van der Waals surface area contributed by atoms with E-state index in [1.165, 1.54) is 4.80 Å². The van der Waals surface area contributed by atoms with Crippen LogP contribution >= 0.6 is 15.9 Å². The number of nitrogens with zero attached hydrogens (tertiary/aromatic N) is 4. The molecule has 2 rings (SSSR count). The molecule has 0 radical (unpaired) electrons. The molecule has 7 heteroatoms. The number of hydrogen-bond donors (Lipinski definition) is 1. The summed E-state index contributed by atoms with van der Waals surface area (Å²) in [6, 6.07) is 5.78. The van der Waals surface area contributed by atoms with E-state index in [9.17, 15) is 4.79 Å². The van der Waals surface area contributed by atoms with Crippen molar-refractivity contribution < 1.29 is 9.90 Å². The van der Waals surface area contributed by atoms with Gasteiger partial charge in [0.25, 0.3) is 0 Å². The van der Waals surface area contributed by atoms with Crippen molar-refractivity contribution in [3.8, 4) is 5.69 Å². The number of carbonyl (C=O) groups is 1. The molecular weight excluding hydrogens is 300 g/mol. The Kier molecular flexibility index (Phi) is 3.71. The highest BCUT2D eigenvalue weighted by atomic mass is 79.9. The van der Waals surface area contributed by atoms with Gasteiger partial charge in [0, 0.05) is 10.9 Å². The van der Waals surface area contributed by atoms with Gasteiger partial charge in [0.15, 0.2) is 5.82 Å². The number of benzene rings is 1. The molecule has 0 saturated carbocycles. The highest BCUT2D eigenvalue weighted by Crippen LogP contribution is 2.20. The lowest BCUT2D eigenvalue weighted by Crippen LogP contribution is -2.02. The molecule has 0 spiro atoms. The van der Waals surface area contributed by atoms with Gasteiger partial charge in [-0.15, -0.1) is 15.0 Å². The quantitative estimate of drug-likeness (QED) is 0.930. The van der Waals surface area contributed by atoms with Gasteiger partial charge < -0.3 is 5.11 Å². The van der Waals surface area contributed by atoms with Gasteiger partial charge in [0.05, 0.1) is 6.42 Å². The molecule has 0 unspecified atom stereocenters. The summed E-state index contributed by atoms with van der Waals surface area (Å²) in [6.07, 6.45) is 0.277. The minimum absolute atomic E-state index is 0.000755. The van der Waals surface area contributed by atoms with Crippen LogP contribution in [0.2, 0.25) is 0 Å². The number of tetrazole rings is 1. The first kappa shape index (κ1) is 12.7. The summed E-state index contributed by atoms with van der Waals surface area (Å²) in [7, 11) is 0. The molecular formula is C11H11BrN4O2. The standard InChI is InChI=1S/C11H11BrN4O2/c1-7-2-3-9(8(12)6-7)16-14-10(13-15-16)4-5-11(17)18/h2-3,6H,4-5H2,1H3,(H,17,18). The third-order valence-corrected chi connectivity index (χ3v) is 2.97. The molecule has 1 heterocycles. The van der Waals surface area contributed by atoms with Crippen LogP contribution in [-0.2, 0) is 11.2 Å². The highest BCUT2D eigenvalue weighted by Gasteiger charge is 2.09. The second-order valence-corrected chi connectivity index (χ2v) is 4.70. The van der Waals surface area contributed by atoms with Gasteiger partial charge in [-0.05, 0) is 45.8 Å². The molecule has 1 aromatic carbocycles. The third-order valence-electron chi connectivity index (χ3n) is 2.34. The molecule has 2 aromatic rings. The van der Waals surface area contributed by atoms with Crippen molar-refractivity contribution in [2.45, 2.75) is 19.8 Å². The normalized spacial score (nSPS) is 10.6. The van der Waals surface area contributed by atoms with Crippen molar-refractivity contribution in [2.24, 2.45) is 0 Å². The van der Waals surface area contributed by atoms with Crippen molar-refractivity contribution in [1.82, 2.24) is 20.2 Å². The monoisotopic (exact) mass is 310 g/mol. The van der Waals surface area contributed by atoms with Crippen molar-refractivity contribution in [3.05, 3.63) is 34.1 Å². The van der Waals surface area contributed by atoms with Gasteiger partial charge in [-0.2, -0.15) is 0 Å². The summed E-state index contributed by atoms with van der Waals surface area (Å²) < 4.78 is 0.865. The highest BCUT2D eigenvalue weighted by molar-refractivity contribution is 9.10. The Morgan fingerprint density at radius 2 is 2.28 bits per heavy atom.